The predicted molar refractivity (Wildman–Crippen MR) is 41.3 cm³/mol. The minimum absolute atomic E-state index is 0.0249. The van der Waals surface area contributed by atoms with E-state index < -0.39 is 0 Å². The molecule has 53 valence electrons. The number of benzene rings is 1. The predicted octanol–water partition coefficient (Wildman–Crippen LogP) is 1.59. The van der Waals surface area contributed by atoms with Gasteiger partial charge in [0.2, 0.25) is 0 Å². The van der Waals surface area contributed by atoms with E-state index in [1.54, 1.807) is 18.2 Å². The van der Waals surface area contributed by atoms with Gasteiger partial charge in [-0.3, -0.25) is 4.79 Å². The van der Waals surface area contributed by atoms with E-state index in [-0.39, 0.29) is 5.43 Å². The van der Waals surface area contributed by atoms with Gasteiger partial charge in [0.15, 0.2) is 5.43 Å². The molecule has 2 aromatic rings. The van der Waals surface area contributed by atoms with Crippen molar-refractivity contribution in [2.24, 2.45) is 0 Å². The van der Waals surface area contributed by atoms with Crippen LogP contribution < -0.4 is 5.43 Å². The van der Waals surface area contributed by atoms with Crippen molar-refractivity contribution in [3.63, 3.8) is 0 Å². The van der Waals surface area contributed by atoms with Gasteiger partial charge in [0.25, 0.3) is 0 Å². The molecule has 0 atom stereocenters. The molecular weight excluding hydrogens is 140 g/mol. The van der Waals surface area contributed by atoms with Crippen molar-refractivity contribution >= 4 is 11.0 Å². The number of fused-ring (bicyclic) bond motifs is 1. The fourth-order valence-electron chi connectivity index (χ4n) is 0.967. The lowest BCUT2D eigenvalue weighted by atomic mass is 10.2. The van der Waals surface area contributed by atoms with Crippen molar-refractivity contribution in [2.45, 2.75) is 0 Å². The molecule has 0 aliphatic carbocycles. The minimum atomic E-state index is -0.0249. The van der Waals surface area contributed by atoms with Crippen molar-refractivity contribution in [3.05, 3.63) is 46.8 Å². The summed E-state index contributed by atoms with van der Waals surface area (Å²) in [4.78, 5) is 11.1. The van der Waals surface area contributed by atoms with E-state index in [9.17, 15) is 4.79 Å². The van der Waals surface area contributed by atoms with E-state index in [4.69, 9.17) is 4.42 Å². The fraction of sp³-hybridized carbons (Fsp3) is 0. The van der Waals surface area contributed by atoms with Crippen LogP contribution in [-0.4, -0.2) is 0 Å². The summed E-state index contributed by atoms with van der Waals surface area (Å²) in [5, 5.41) is 0.579. The molecule has 1 aromatic carbocycles. The Morgan fingerprint density at radius 1 is 1.36 bits per heavy atom. The van der Waals surface area contributed by atoms with Gasteiger partial charge in [0.05, 0.1) is 11.6 Å². The molecule has 2 rings (SSSR count). The SMILES string of the molecule is O=c1ccoc2[c]cccc12. The molecule has 0 amide bonds. The smallest absolute Gasteiger partial charge is 0.192 e. The third kappa shape index (κ3) is 0.923. The van der Waals surface area contributed by atoms with Gasteiger partial charge in [0.1, 0.15) is 5.58 Å². The monoisotopic (exact) mass is 145 g/mol. The Labute approximate surface area is 63.1 Å². The van der Waals surface area contributed by atoms with Gasteiger partial charge in [-0.15, -0.1) is 0 Å². The third-order valence-electron chi connectivity index (χ3n) is 1.49. The lowest BCUT2D eigenvalue weighted by Crippen LogP contribution is -1.96. The summed E-state index contributed by atoms with van der Waals surface area (Å²) in [6.07, 6.45) is 1.38. The second-order valence-electron chi connectivity index (χ2n) is 2.20. The average Bonchev–Trinajstić information content (AvgIpc) is 2.06. The van der Waals surface area contributed by atoms with Crippen molar-refractivity contribution in [3.8, 4) is 0 Å². The van der Waals surface area contributed by atoms with Gasteiger partial charge in [-0.1, -0.05) is 12.1 Å². The maximum atomic E-state index is 11.1. The largest absolute Gasteiger partial charge is 0.463 e. The first kappa shape index (κ1) is 6.16. The van der Waals surface area contributed by atoms with E-state index in [0.29, 0.717) is 11.0 Å². The summed E-state index contributed by atoms with van der Waals surface area (Å²) in [7, 11) is 0. The van der Waals surface area contributed by atoms with E-state index in [1.807, 2.05) is 0 Å². The Hall–Kier alpha value is -1.57. The maximum absolute atomic E-state index is 11.1. The van der Waals surface area contributed by atoms with Crippen LogP contribution in [0, 0.1) is 6.07 Å². The molecule has 0 saturated carbocycles. The minimum Gasteiger partial charge on any atom is -0.463 e. The molecule has 0 unspecified atom stereocenters. The quantitative estimate of drug-likeness (QED) is 0.563. The Balaban J connectivity index is 3.03. The summed E-state index contributed by atoms with van der Waals surface area (Å²) < 4.78 is 5.04. The first-order valence-corrected chi connectivity index (χ1v) is 3.26. The van der Waals surface area contributed by atoms with Crippen LogP contribution in [0.2, 0.25) is 0 Å². The summed E-state index contributed by atoms with van der Waals surface area (Å²) in [5.41, 5.74) is 0.489. The third-order valence-corrected chi connectivity index (χ3v) is 1.49. The second-order valence-corrected chi connectivity index (χ2v) is 2.20. The highest BCUT2D eigenvalue weighted by molar-refractivity contribution is 5.74. The first-order chi connectivity index (χ1) is 5.38. The van der Waals surface area contributed by atoms with Gasteiger partial charge in [0, 0.05) is 12.1 Å². The van der Waals surface area contributed by atoms with Crippen LogP contribution in [0.4, 0.5) is 0 Å². The number of hydrogen-bond acceptors (Lipinski definition) is 2. The van der Waals surface area contributed by atoms with Crippen LogP contribution in [0.5, 0.6) is 0 Å². The Kier molecular flexibility index (Phi) is 1.25. The molecule has 0 N–H and O–H groups in total. The second kappa shape index (κ2) is 2.23. The molecular formula is C9H5O2. The van der Waals surface area contributed by atoms with Gasteiger partial charge >= 0.3 is 0 Å². The molecule has 0 bridgehead atoms. The molecule has 0 spiro atoms. The summed E-state index contributed by atoms with van der Waals surface area (Å²) in [6, 6.07) is 9.42. The number of rotatable bonds is 0. The van der Waals surface area contributed by atoms with Crippen molar-refractivity contribution < 1.29 is 4.42 Å². The molecule has 0 fully saturated rings. The van der Waals surface area contributed by atoms with Crippen LogP contribution in [0.1, 0.15) is 0 Å². The number of para-hydroxylation sites is 1. The standard InChI is InChI=1S/C9H5O2/c10-8-5-6-11-9-4-2-1-3-7(8)9/h1-3,5-6H. The van der Waals surface area contributed by atoms with E-state index in [2.05, 4.69) is 6.07 Å². The molecule has 1 heterocycles. The highest BCUT2D eigenvalue weighted by Gasteiger charge is 1.95. The van der Waals surface area contributed by atoms with Crippen molar-refractivity contribution in [1.29, 1.82) is 0 Å². The molecule has 0 saturated heterocycles. The van der Waals surface area contributed by atoms with Crippen molar-refractivity contribution in [2.75, 3.05) is 0 Å². The molecule has 0 aliphatic heterocycles. The lowest BCUT2D eigenvalue weighted by molar-refractivity contribution is 0.602. The molecule has 0 aliphatic rings. The van der Waals surface area contributed by atoms with Crippen LogP contribution in [0.25, 0.3) is 11.0 Å². The summed E-state index contributed by atoms with van der Waals surface area (Å²) in [6.45, 7) is 0. The molecule has 1 radical (unpaired) electrons. The van der Waals surface area contributed by atoms with Gasteiger partial charge < -0.3 is 4.42 Å². The fourth-order valence-corrected chi connectivity index (χ4v) is 0.967. The Morgan fingerprint density at radius 2 is 2.27 bits per heavy atom. The molecule has 11 heavy (non-hydrogen) atoms. The van der Waals surface area contributed by atoms with E-state index in [1.165, 1.54) is 12.3 Å². The first-order valence-electron chi connectivity index (χ1n) is 3.26. The molecule has 2 nitrogen and oxygen atoms in total. The summed E-state index contributed by atoms with van der Waals surface area (Å²) in [5.74, 6) is 0. The molecule has 2 heteroatoms. The van der Waals surface area contributed by atoms with Gasteiger partial charge in [-0.2, -0.15) is 0 Å². The summed E-state index contributed by atoms with van der Waals surface area (Å²) >= 11 is 0. The van der Waals surface area contributed by atoms with Crippen LogP contribution >= 0.6 is 0 Å². The van der Waals surface area contributed by atoms with Gasteiger partial charge in [-0.05, 0) is 6.07 Å². The zero-order valence-electron chi connectivity index (χ0n) is 5.70. The number of hydrogen-bond donors (Lipinski definition) is 0. The zero-order valence-corrected chi connectivity index (χ0v) is 5.70. The van der Waals surface area contributed by atoms with Crippen molar-refractivity contribution in [1.82, 2.24) is 0 Å². The van der Waals surface area contributed by atoms with Crippen LogP contribution in [0.3, 0.4) is 0 Å². The Morgan fingerprint density at radius 3 is 3.09 bits per heavy atom. The highest BCUT2D eigenvalue weighted by atomic mass is 16.3. The van der Waals surface area contributed by atoms with Crippen LogP contribution in [-0.2, 0) is 0 Å². The van der Waals surface area contributed by atoms with Gasteiger partial charge in [-0.25, -0.2) is 0 Å². The molecule has 1 aromatic heterocycles. The Bertz CT molecular complexity index is 423. The maximum Gasteiger partial charge on any atom is 0.192 e. The van der Waals surface area contributed by atoms with E-state index in [0.717, 1.165) is 0 Å². The topological polar surface area (TPSA) is 30.2 Å². The highest BCUT2D eigenvalue weighted by Crippen LogP contribution is 2.06. The average molecular weight is 145 g/mol. The van der Waals surface area contributed by atoms with Crippen LogP contribution in [0.15, 0.2) is 39.7 Å². The lowest BCUT2D eigenvalue weighted by Gasteiger charge is -1.90. The van der Waals surface area contributed by atoms with E-state index >= 15 is 0 Å². The normalized spacial score (nSPS) is 10.2. The zero-order chi connectivity index (χ0) is 7.68.